The largest absolute Gasteiger partial charge is 0.457 e. The minimum Gasteiger partial charge on any atom is -0.457 e. The van der Waals surface area contributed by atoms with Gasteiger partial charge in [-0.25, -0.2) is 4.98 Å². The number of aromatic nitrogens is 1. The summed E-state index contributed by atoms with van der Waals surface area (Å²) in [5.41, 5.74) is 2.19. The molecule has 0 amide bonds. The molecular formula is C19H17N3OS. The Kier molecular flexibility index (Phi) is 3.92. The quantitative estimate of drug-likeness (QED) is 0.686. The molecule has 2 aromatic carbocycles. The second kappa shape index (κ2) is 6.37. The van der Waals surface area contributed by atoms with E-state index in [0.717, 1.165) is 34.4 Å². The fourth-order valence-corrected chi connectivity index (χ4v) is 3.25. The minimum atomic E-state index is 0.814. The van der Waals surface area contributed by atoms with E-state index in [2.05, 4.69) is 46.4 Å². The third-order valence-corrected chi connectivity index (χ3v) is 4.60. The van der Waals surface area contributed by atoms with Crippen molar-refractivity contribution in [2.45, 2.75) is 0 Å². The summed E-state index contributed by atoms with van der Waals surface area (Å²) in [4.78, 5) is 8.66. The Hall–Kier alpha value is -2.79. The van der Waals surface area contributed by atoms with Gasteiger partial charge in [-0.2, -0.15) is 0 Å². The fourth-order valence-electron chi connectivity index (χ4n) is 2.62. The summed E-state index contributed by atoms with van der Waals surface area (Å²) >= 11 is 1.62. The van der Waals surface area contributed by atoms with E-state index in [9.17, 15) is 0 Å². The van der Waals surface area contributed by atoms with Crippen molar-refractivity contribution in [1.29, 1.82) is 0 Å². The number of benzene rings is 2. The average Bonchev–Trinajstić information content (AvgIpc) is 3.27. The van der Waals surface area contributed by atoms with Crippen molar-refractivity contribution in [3.8, 4) is 22.1 Å². The van der Waals surface area contributed by atoms with Gasteiger partial charge in [0.05, 0.1) is 6.67 Å². The Morgan fingerprint density at radius 1 is 1.04 bits per heavy atom. The summed E-state index contributed by atoms with van der Waals surface area (Å²) in [6.45, 7) is 0.850. The third kappa shape index (κ3) is 3.12. The molecule has 120 valence electrons. The van der Waals surface area contributed by atoms with Crippen molar-refractivity contribution in [3.05, 3.63) is 72.5 Å². The smallest absolute Gasteiger partial charge is 0.129 e. The highest BCUT2D eigenvalue weighted by molar-refractivity contribution is 7.13. The van der Waals surface area contributed by atoms with Crippen molar-refractivity contribution in [2.24, 2.45) is 0 Å². The number of thiazole rings is 1. The zero-order valence-corrected chi connectivity index (χ0v) is 14.1. The molecule has 4 rings (SSSR count). The summed E-state index contributed by atoms with van der Waals surface area (Å²) in [7, 11) is 2.06. The summed E-state index contributed by atoms with van der Waals surface area (Å²) in [6, 6.07) is 16.2. The Morgan fingerprint density at radius 3 is 2.62 bits per heavy atom. The number of rotatable bonds is 4. The maximum Gasteiger partial charge on any atom is 0.129 e. The number of anilines is 1. The van der Waals surface area contributed by atoms with Crippen molar-refractivity contribution in [1.82, 2.24) is 9.88 Å². The number of ether oxygens (including phenoxy) is 1. The van der Waals surface area contributed by atoms with Gasteiger partial charge in [0.1, 0.15) is 16.5 Å². The molecule has 0 saturated heterocycles. The van der Waals surface area contributed by atoms with Gasteiger partial charge in [-0.1, -0.05) is 18.2 Å². The fraction of sp³-hybridized carbons (Fsp3) is 0.105. The molecule has 0 unspecified atom stereocenters. The highest BCUT2D eigenvalue weighted by Gasteiger charge is 2.11. The predicted molar refractivity (Wildman–Crippen MR) is 98.3 cm³/mol. The van der Waals surface area contributed by atoms with E-state index in [4.69, 9.17) is 4.74 Å². The Labute approximate surface area is 145 Å². The summed E-state index contributed by atoms with van der Waals surface area (Å²) in [5.74, 6) is 1.64. The van der Waals surface area contributed by atoms with Gasteiger partial charge >= 0.3 is 0 Å². The molecule has 0 spiro atoms. The molecule has 0 saturated carbocycles. The van der Waals surface area contributed by atoms with E-state index in [1.165, 1.54) is 0 Å². The van der Waals surface area contributed by atoms with Crippen LogP contribution in [-0.4, -0.2) is 23.6 Å². The summed E-state index contributed by atoms with van der Waals surface area (Å²) in [6.07, 6.45) is 5.95. The van der Waals surface area contributed by atoms with Crippen molar-refractivity contribution < 1.29 is 4.74 Å². The van der Waals surface area contributed by atoms with Crippen LogP contribution in [0.5, 0.6) is 11.5 Å². The lowest BCUT2D eigenvalue weighted by atomic mass is 10.2. The first-order valence-electron chi connectivity index (χ1n) is 7.71. The molecule has 0 atom stereocenters. The van der Waals surface area contributed by atoms with Gasteiger partial charge < -0.3 is 14.5 Å². The molecule has 5 heteroatoms. The molecule has 0 aliphatic carbocycles. The van der Waals surface area contributed by atoms with Crippen LogP contribution in [-0.2, 0) is 0 Å². The Balaban J connectivity index is 1.55. The second-order valence-electron chi connectivity index (χ2n) is 5.63. The van der Waals surface area contributed by atoms with Crippen LogP contribution in [0.4, 0.5) is 5.69 Å². The van der Waals surface area contributed by atoms with Gasteiger partial charge in [0.15, 0.2) is 0 Å². The monoisotopic (exact) mass is 335 g/mol. The van der Waals surface area contributed by atoms with Crippen LogP contribution in [0.3, 0.4) is 0 Å². The van der Waals surface area contributed by atoms with Gasteiger partial charge in [0, 0.05) is 48.3 Å². The molecule has 1 aliphatic heterocycles. The molecule has 1 aromatic heterocycles. The second-order valence-corrected chi connectivity index (χ2v) is 6.53. The van der Waals surface area contributed by atoms with Crippen molar-refractivity contribution in [2.75, 3.05) is 18.6 Å². The molecule has 0 fully saturated rings. The topological polar surface area (TPSA) is 28.6 Å². The standard InChI is InChI=1S/C19H17N3OS/c1-21-9-10-22(14-21)16-5-3-7-18(13-16)23-17-6-2-4-15(12-17)19-20-8-11-24-19/h2-13H,14H2,1H3. The SMILES string of the molecule is CN1C=CN(c2cccc(Oc3cccc(-c4nccs4)c3)c2)C1. The summed E-state index contributed by atoms with van der Waals surface area (Å²) < 4.78 is 6.06. The van der Waals surface area contributed by atoms with Crippen molar-refractivity contribution in [3.63, 3.8) is 0 Å². The maximum absolute atomic E-state index is 6.06. The van der Waals surface area contributed by atoms with E-state index >= 15 is 0 Å². The maximum atomic E-state index is 6.06. The lowest BCUT2D eigenvalue weighted by Crippen LogP contribution is -2.21. The zero-order chi connectivity index (χ0) is 16.4. The normalized spacial score (nSPS) is 13.5. The van der Waals surface area contributed by atoms with Gasteiger partial charge in [0.2, 0.25) is 0 Å². The predicted octanol–water partition coefficient (Wildman–Crippen LogP) is 4.78. The van der Waals surface area contributed by atoms with Crippen LogP contribution in [0.1, 0.15) is 0 Å². The number of hydrogen-bond donors (Lipinski definition) is 0. The van der Waals surface area contributed by atoms with Crippen LogP contribution in [0.25, 0.3) is 10.6 Å². The number of hydrogen-bond acceptors (Lipinski definition) is 5. The van der Waals surface area contributed by atoms with Gasteiger partial charge in [-0.3, -0.25) is 0 Å². The molecule has 0 bridgehead atoms. The van der Waals surface area contributed by atoms with Crippen LogP contribution in [0, 0.1) is 0 Å². The van der Waals surface area contributed by atoms with Gasteiger partial charge in [-0.05, 0) is 24.3 Å². The van der Waals surface area contributed by atoms with Crippen LogP contribution < -0.4 is 9.64 Å². The number of nitrogens with zero attached hydrogens (tertiary/aromatic N) is 3. The van der Waals surface area contributed by atoms with Crippen LogP contribution in [0.2, 0.25) is 0 Å². The third-order valence-electron chi connectivity index (χ3n) is 3.77. The molecule has 4 nitrogen and oxygen atoms in total. The first-order chi connectivity index (χ1) is 11.8. The van der Waals surface area contributed by atoms with E-state index < -0.39 is 0 Å². The van der Waals surface area contributed by atoms with Gasteiger partial charge in [-0.15, -0.1) is 11.3 Å². The first kappa shape index (κ1) is 14.8. The Morgan fingerprint density at radius 2 is 1.88 bits per heavy atom. The zero-order valence-electron chi connectivity index (χ0n) is 13.3. The summed E-state index contributed by atoms with van der Waals surface area (Å²) in [5, 5.41) is 2.98. The van der Waals surface area contributed by atoms with Crippen LogP contribution >= 0.6 is 11.3 Å². The average molecular weight is 335 g/mol. The molecule has 24 heavy (non-hydrogen) atoms. The van der Waals surface area contributed by atoms with Crippen LogP contribution in [0.15, 0.2) is 72.5 Å². The van der Waals surface area contributed by atoms with Gasteiger partial charge in [0.25, 0.3) is 0 Å². The first-order valence-corrected chi connectivity index (χ1v) is 8.59. The molecule has 1 aliphatic rings. The lowest BCUT2D eigenvalue weighted by molar-refractivity contribution is 0.481. The van der Waals surface area contributed by atoms with Crippen molar-refractivity contribution >= 4 is 17.0 Å². The molecule has 0 N–H and O–H groups in total. The molecule has 3 aromatic rings. The van der Waals surface area contributed by atoms with E-state index in [1.54, 1.807) is 11.3 Å². The van der Waals surface area contributed by atoms with E-state index in [0.29, 0.717) is 0 Å². The molecule has 0 radical (unpaired) electrons. The highest BCUT2D eigenvalue weighted by atomic mass is 32.1. The molecular weight excluding hydrogens is 318 g/mol. The Bertz CT molecular complexity index is 861. The van der Waals surface area contributed by atoms with E-state index in [-0.39, 0.29) is 0 Å². The van der Waals surface area contributed by atoms with E-state index in [1.807, 2.05) is 48.0 Å². The highest BCUT2D eigenvalue weighted by Crippen LogP contribution is 2.30. The molecule has 2 heterocycles. The minimum absolute atomic E-state index is 0.814. The lowest BCUT2D eigenvalue weighted by Gasteiger charge is -2.19.